The summed E-state index contributed by atoms with van der Waals surface area (Å²) in [4.78, 5) is 36.4. The summed E-state index contributed by atoms with van der Waals surface area (Å²) in [7, 11) is 1.60. The Labute approximate surface area is 199 Å². The molecule has 2 aromatic heterocycles. The van der Waals surface area contributed by atoms with Gasteiger partial charge >= 0.3 is 0 Å². The molecule has 2 N–H and O–H groups in total. The molecule has 1 aromatic carbocycles. The number of hydrogen-bond donors (Lipinski definition) is 2. The number of Topliss-reactive ketones (excluding diaryl/α,β-unsaturated/α-hetero) is 1. The van der Waals surface area contributed by atoms with E-state index in [1.807, 2.05) is 25.1 Å². The van der Waals surface area contributed by atoms with E-state index in [1.165, 1.54) is 23.1 Å². The van der Waals surface area contributed by atoms with E-state index in [2.05, 4.69) is 9.97 Å². The number of thiophene rings is 1. The highest BCUT2D eigenvalue weighted by atomic mass is 32.2. The molecule has 1 aliphatic rings. The van der Waals surface area contributed by atoms with Crippen molar-refractivity contribution in [1.29, 1.82) is 0 Å². The molecule has 1 saturated heterocycles. The molecule has 4 rings (SSSR count). The molecule has 174 valence electrons. The number of benzene rings is 1. The molecule has 0 radical (unpaired) electrons. The molecule has 8 nitrogen and oxygen atoms in total. The van der Waals surface area contributed by atoms with Crippen LogP contribution in [0.15, 0.2) is 35.4 Å². The van der Waals surface area contributed by atoms with Crippen molar-refractivity contribution in [3.63, 3.8) is 0 Å². The zero-order valence-electron chi connectivity index (χ0n) is 18.4. The van der Waals surface area contributed by atoms with E-state index in [-0.39, 0.29) is 17.4 Å². The second-order valence-electron chi connectivity index (χ2n) is 7.91. The van der Waals surface area contributed by atoms with E-state index in [9.17, 15) is 14.7 Å². The summed E-state index contributed by atoms with van der Waals surface area (Å²) in [6.07, 6.45) is 0.745. The molecule has 3 heterocycles. The molecule has 0 spiro atoms. The number of aliphatic hydroxyl groups excluding tert-OH is 1. The lowest BCUT2D eigenvalue weighted by Crippen LogP contribution is -2.45. The van der Waals surface area contributed by atoms with Crippen molar-refractivity contribution in [2.45, 2.75) is 30.4 Å². The zero-order valence-corrected chi connectivity index (χ0v) is 20.0. The van der Waals surface area contributed by atoms with Gasteiger partial charge in [0.2, 0.25) is 5.91 Å². The highest BCUT2D eigenvalue weighted by molar-refractivity contribution is 8.00. The molecule has 0 unspecified atom stereocenters. The number of likely N-dealkylation sites (tertiary alicyclic amines) is 1. The Morgan fingerprint density at radius 1 is 1.21 bits per heavy atom. The van der Waals surface area contributed by atoms with Crippen LogP contribution in [0.25, 0.3) is 10.9 Å². The molecular formula is C23H25N3O5S2. The summed E-state index contributed by atoms with van der Waals surface area (Å²) in [6.45, 7) is 2.04. The number of amides is 1. The number of fused-ring (bicyclic) bond motifs is 1. The lowest BCUT2D eigenvalue weighted by atomic mass is 9.90. The number of carbonyl (C=O) groups excluding carboxylic acids is 2. The standard InChI is InChI=1S/C23H25N3O5S2/c1-14-24-17-11-15(31-2)3-4-16(17)22(25-14)32-13-18(28)19-5-6-20(33-19)23(30)7-9-26(10-8-23)21(29)12-27/h3-6,11,27,30H,7-10,12-13H2,1-2H3. The molecule has 3 aromatic rings. The number of aryl methyl sites for hydroxylation is 1. The number of rotatable bonds is 7. The second kappa shape index (κ2) is 9.76. The number of piperidine rings is 1. The van der Waals surface area contributed by atoms with E-state index >= 15 is 0 Å². The van der Waals surface area contributed by atoms with Crippen LogP contribution in [0.2, 0.25) is 0 Å². The Morgan fingerprint density at radius 3 is 2.67 bits per heavy atom. The summed E-state index contributed by atoms with van der Waals surface area (Å²) >= 11 is 2.66. The maximum atomic E-state index is 12.9. The predicted octanol–water partition coefficient (Wildman–Crippen LogP) is 2.79. The Bertz CT molecular complexity index is 1190. The molecule has 0 bridgehead atoms. The van der Waals surface area contributed by atoms with Crippen LogP contribution >= 0.6 is 23.1 Å². The molecule has 1 amide bonds. The minimum atomic E-state index is -1.07. The molecular weight excluding hydrogens is 462 g/mol. The number of thioether (sulfide) groups is 1. The van der Waals surface area contributed by atoms with Gasteiger partial charge in [-0.05, 0) is 44.0 Å². The van der Waals surface area contributed by atoms with Crippen molar-refractivity contribution in [3.05, 3.63) is 45.9 Å². The predicted molar refractivity (Wildman–Crippen MR) is 127 cm³/mol. The number of methoxy groups -OCH3 is 1. The fraction of sp³-hybridized carbons (Fsp3) is 0.391. The van der Waals surface area contributed by atoms with Crippen molar-refractivity contribution in [1.82, 2.24) is 14.9 Å². The normalized spacial score (nSPS) is 15.6. The average molecular weight is 488 g/mol. The van der Waals surface area contributed by atoms with E-state index in [1.54, 1.807) is 24.1 Å². The number of aliphatic hydroxyl groups is 2. The summed E-state index contributed by atoms with van der Waals surface area (Å²) < 4.78 is 5.27. The van der Waals surface area contributed by atoms with E-state index in [0.29, 0.717) is 42.4 Å². The minimum absolute atomic E-state index is 0.0364. The number of ether oxygens (including phenoxy) is 1. The van der Waals surface area contributed by atoms with Gasteiger partial charge in [-0.15, -0.1) is 11.3 Å². The van der Waals surface area contributed by atoms with Gasteiger partial charge in [-0.1, -0.05) is 11.8 Å². The average Bonchev–Trinajstić information content (AvgIpc) is 3.33. The maximum Gasteiger partial charge on any atom is 0.248 e. The van der Waals surface area contributed by atoms with E-state index in [4.69, 9.17) is 9.84 Å². The van der Waals surface area contributed by atoms with Crippen molar-refractivity contribution in [3.8, 4) is 5.75 Å². The monoisotopic (exact) mass is 487 g/mol. The molecule has 10 heteroatoms. The van der Waals surface area contributed by atoms with Gasteiger partial charge < -0.3 is 19.8 Å². The van der Waals surface area contributed by atoms with E-state index in [0.717, 1.165) is 20.8 Å². The number of ketones is 1. The summed E-state index contributed by atoms with van der Waals surface area (Å²) in [5.74, 6) is 1.18. The minimum Gasteiger partial charge on any atom is -0.497 e. The van der Waals surface area contributed by atoms with Crippen molar-refractivity contribution in [2.75, 3.05) is 32.6 Å². The first-order valence-corrected chi connectivity index (χ1v) is 12.3. The highest BCUT2D eigenvalue weighted by Gasteiger charge is 2.36. The maximum absolute atomic E-state index is 12.9. The number of aromatic nitrogens is 2. The third-order valence-electron chi connectivity index (χ3n) is 5.74. The van der Waals surface area contributed by atoms with Crippen molar-refractivity contribution < 1.29 is 24.5 Å². The SMILES string of the molecule is COc1ccc2c(SCC(=O)c3ccc(C4(O)CCN(C(=O)CO)CC4)s3)nc(C)nc2c1. The second-order valence-corrected chi connectivity index (χ2v) is 9.95. The topological polar surface area (TPSA) is 113 Å². The first-order chi connectivity index (χ1) is 15.8. The van der Waals surface area contributed by atoms with Crippen LogP contribution in [-0.4, -0.2) is 69.3 Å². The Hall–Kier alpha value is -2.53. The Morgan fingerprint density at radius 2 is 1.97 bits per heavy atom. The van der Waals surface area contributed by atoms with Gasteiger partial charge in [0.25, 0.3) is 0 Å². The third kappa shape index (κ3) is 5.03. The fourth-order valence-corrected chi connectivity index (χ4v) is 5.97. The first-order valence-electron chi connectivity index (χ1n) is 10.5. The van der Waals surface area contributed by atoms with Crippen LogP contribution in [0.5, 0.6) is 5.75 Å². The summed E-state index contributed by atoms with van der Waals surface area (Å²) in [5.41, 5.74) is -0.301. The molecule has 33 heavy (non-hydrogen) atoms. The van der Waals surface area contributed by atoms with Crippen LogP contribution in [0, 0.1) is 6.92 Å². The van der Waals surface area contributed by atoms with E-state index < -0.39 is 12.2 Å². The summed E-state index contributed by atoms with van der Waals surface area (Å²) in [6, 6.07) is 9.14. The smallest absolute Gasteiger partial charge is 0.248 e. The third-order valence-corrected chi connectivity index (χ3v) is 8.05. The van der Waals surface area contributed by atoms with Crippen LogP contribution in [-0.2, 0) is 10.4 Å². The molecule has 1 fully saturated rings. The molecule has 1 aliphatic heterocycles. The highest BCUT2D eigenvalue weighted by Crippen LogP contribution is 2.37. The number of carbonyl (C=O) groups is 2. The van der Waals surface area contributed by atoms with Crippen molar-refractivity contribution >= 4 is 45.7 Å². The van der Waals surface area contributed by atoms with Gasteiger partial charge in [-0.2, -0.15) is 0 Å². The van der Waals surface area contributed by atoms with Gasteiger partial charge in [0.15, 0.2) is 5.78 Å². The van der Waals surface area contributed by atoms with Crippen LogP contribution in [0.1, 0.15) is 33.2 Å². The Balaban J connectivity index is 1.44. The fourth-order valence-electron chi connectivity index (χ4n) is 3.84. The van der Waals surface area contributed by atoms with Gasteiger partial charge in [0, 0.05) is 29.4 Å². The zero-order chi connectivity index (χ0) is 23.6. The lowest BCUT2D eigenvalue weighted by Gasteiger charge is -2.37. The van der Waals surface area contributed by atoms with Crippen LogP contribution in [0.3, 0.4) is 0 Å². The number of nitrogens with zero attached hydrogens (tertiary/aromatic N) is 3. The molecule has 0 atom stereocenters. The number of hydrogen-bond acceptors (Lipinski definition) is 9. The first kappa shape index (κ1) is 23.6. The van der Waals surface area contributed by atoms with Crippen LogP contribution in [0.4, 0.5) is 0 Å². The van der Waals surface area contributed by atoms with Gasteiger partial charge in [0.1, 0.15) is 28.8 Å². The Kier molecular flexibility index (Phi) is 6.99. The van der Waals surface area contributed by atoms with Crippen LogP contribution < -0.4 is 4.74 Å². The van der Waals surface area contributed by atoms with Gasteiger partial charge in [0.05, 0.1) is 23.3 Å². The van der Waals surface area contributed by atoms with Crippen molar-refractivity contribution in [2.24, 2.45) is 0 Å². The van der Waals surface area contributed by atoms with Gasteiger partial charge in [-0.25, -0.2) is 9.97 Å². The molecule has 0 saturated carbocycles. The largest absolute Gasteiger partial charge is 0.497 e. The quantitative estimate of drug-likeness (QED) is 0.297. The lowest BCUT2D eigenvalue weighted by molar-refractivity contribution is -0.138. The molecule has 0 aliphatic carbocycles. The summed E-state index contributed by atoms with van der Waals surface area (Å²) in [5, 5.41) is 21.7. The van der Waals surface area contributed by atoms with Gasteiger partial charge in [-0.3, -0.25) is 9.59 Å².